The number of thioether (sulfide) groups is 1. The van der Waals surface area contributed by atoms with Crippen LogP contribution in [0.25, 0.3) is 0 Å². The molecule has 2 unspecified atom stereocenters. The highest BCUT2D eigenvalue weighted by Crippen LogP contribution is 2.30. The van der Waals surface area contributed by atoms with E-state index in [1.807, 2.05) is 52.1 Å². The van der Waals surface area contributed by atoms with Crippen molar-refractivity contribution in [3.63, 3.8) is 0 Å². The second-order valence-corrected chi connectivity index (χ2v) is 11.2. The average molecular weight is 508 g/mol. The summed E-state index contributed by atoms with van der Waals surface area (Å²) in [4.78, 5) is 41.8. The minimum Gasteiger partial charge on any atom is -0.444 e. The van der Waals surface area contributed by atoms with Crippen LogP contribution in [0.15, 0.2) is 18.2 Å². The number of amides is 3. The summed E-state index contributed by atoms with van der Waals surface area (Å²) < 4.78 is 5.43. The van der Waals surface area contributed by atoms with E-state index >= 15 is 0 Å². The standard InChI is InChI=1S/C27H45N3O4S/c1-10-11-16-28-24(31)23(22-19(4)13-12-14-20(22)5)30(18(2)3)25(32)21(15-17-35-9)29-26(33)34-27(6,7)8/h12-14,18,21,23H,10-11,15-17H2,1-9H3,(H,28,31)(H,29,33). The number of carbonyl (C=O) groups is 3. The van der Waals surface area contributed by atoms with Crippen LogP contribution in [0.5, 0.6) is 0 Å². The summed E-state index contributed by atoms with van der Waals surface area (Å²) in [6, 6.07) is 3.98. The van der Waals surface area contributed by atoms with Crippen LogP contribution in [-0.4, -0.2) is 59.0 Å². The highest BCUT2D eigenvalue weighted by molar-refractivity contribution is 7.98. The molecule has 0 saturated heterocycles. The zero-order valence-corrected chi connectivity index (χ0v) is 23.8. The quantitative estimate of drug-likeness (QED) is 0.382. The van der Waals surface area contributed by atoms with E-state index in [1.54, 1.807) is 37.4 Å². The monoisotopic (exact) mass is 507 g/mol. The zero-order chi connectivity index (χ0) is 26.8. The Labute approximate surface area is 216 Å². The second-order valence-electron chi connectivity index (χ2n) is 10.2. The predicted molar refractivity (Wildman–Crippen MR) is 145 cm³/mol. The summed E-state index contributed by atoms with van der Waals surface area (Å²) in [5, 5.41) is 5.80. The van der Waals surface area contributed by atoms with Crippen molar-refractivity contribution in [2.45, 2.75) is 98.4 Å². The summed E-state index contributed by atoms with van der Waals surface area (Å²) >= 11 is 1.60. The molecule has 1 rings (SSSR count). The van der Waals surface area contributed by atoms with Gasteiger partial charge in [0.25, 0.3) is 0 Å². The number of hydrogen-bond acceptors (Lipinski definition) is 5. The zero-order valence-electron chi connectivity index (χ0n) is 23.0. The van der Waals surface area contributed by atoms with Gasteiger partial charge in [-0.25, -0.2) is 4.79 Å². The molecular formula is C27H45N3O4S. The molecule has 0 fully saturated rings. The molecule has 0 spiro atoms. The fourth-order valence-electron chi connectivity index (χ4n) is 3.94. The van der Waals surface area contributed by atoms with E-state index in [1.165, 1.54) is 0 Å². The van der Waals surface area contributed by atoms with E-state index in [-0.39, 0.29) is 17.9 Å². The normalized spacial score (nSPS) is 13.2. The molecule has 0 aliphatic carbocycles. The lowest BCUT2D eigenvalue weighted by Gasteiger charge is -2.38. The molecule has 0 heterocycles. The molecule has 0 bridgehead atoms. The van der Waals surface area contributed by atoms with Gasteiger partial charge in [0, 0.05) is 12.6 Å². The number of rotatable bonds is 12. The average Bonchev–Trinajstić information content (AvgIpc) is 2.74. The van der Waals surface area contributed by atoms with Gasteiger partial charge in [-0.1, -0.05) is 31.5 Å². The van der Waals surface area contributed by atoms with Crippen molar-refractivity contribution >= 4 is 29.7 Å². The van der Waals surface area contributed by atoms with Gasteiger partial charge in [-0.3, -0.25) is 9.59 Å². The molecule has 0 radical (unpaired) electrons. The van der Waals surface area contributed by atoms with Crippen molar-refractivity contribution < 1.29 is 19.1 Å². The Hall–Kier alpha value is -2.22. The van der Waals surface area contributed by atoms with Gasteiger partial charge in [-0.15, -0.1) is 0 Å². The smallest absolute Gasteiger partial charge is 0.408 e. The van der Waals surface area contributed by atoms with Crippen LogP contribution in [-0.2, 0) is 14.3 Å². The van der Waals surface area contributed by atoms with Crippen molar-refractivity contribution in [3.8, 4) is 0 Å². The molecule has 35 heavy (non-hydrogen) atoms. The maximum Gasteiger partial charge on any atom is 0.408 e. The lowest BCUT2D eigenvalue weighted by molar-refractivity contribution is -0.144. The van der Waals surface area contributed by atoms with Gasteiger partial charge in [0.15, 0.2) is 0 Å². The summed E-state index contributed by atoms with van der Waals surface area (Å²) in [5.41, 5.74) is 2.03. The Morgan fingerprint density at radius 2 is 1.71 bits per heavy atom. The highest BCUT2D eigenvalue weighted by atomic mass is 32.2. The van der Waals surface area contributed by atoms with Crippen molar-refractivity contribution in [1.29, 1.82) is 0 Å². The van der Waals surface area contributed by atoms with Crippen LogP contribution in [0.2, 0.25) is 0 Å². The minimum atomic E-state index is -0.810. The molecule has 3 amide bonds. The summed E-state index contributed by atoms with van der Waals surface area (Å²) in [6.45, 7) is 15.7. The highest BCUT2D eigenvalue weighted by Gasteiger charge is 2.38. The number of alkyl carbamates (subject to hydrolysis) is 1. The Kier molecular flexibility index (Phi) is 12.6. The summed E-state index contributed by atoms with van der Waals surface area (Å²) in [6.07, 6.45) is 3.56. The molecular weight excluding hydrogens is 462 g/mol. The molecule has 8 heteroatoms. The molecule has 1 aromatic carbocycles. The fourth-order valence-corrected chi connectivity index (χ4v) is 4.41. The number of carbonyl (C=O) groups excluding carboxylic acids is 3. The third-order valence-corrected chi connectivity index (χ3v) is 6.23. The van der Waals surface area contributed by atoms with Crippen molar-refractivity contribution in [3.05, 3.63) is 34.9 Å². The molecule has 0 aliphatic rings. The third kappa shape index (κ3) is 9.74. The van der Waals surface area contributed by atoms with E-state index in [0.717, 1.165) is 29.5 Å². The third-order valence-electron chi connectivity index (χ3n) is 5.58. The first kappa shape index (κ1) is 30.8. The molecule has 0 saturated carbocycles. The van der Waals surface area contributed by atoms with E-state index in [0.29, 0.717) is 18.7 Å². The first-order chi connectivity index (χ1) is 16.3. The van der Waals surface area contributed by atoms with Gasteiger partial charge in [-0.2, -0.15) is 11.8 Å². The number of nitrogens with zero attached hydrogens (tertiary/aromatic N) is 1. The molecule has 0 aromatic heterocycles. The van der Waals surface area contributed by atoms with Crippen LogP contribution in [0.1, 0.15) is 83.5 Å². The maximum absolute atomic E-state index is 14.0. The van der Waals surface area contributed by atoms with Gasteiger partial charge < -0.3 is 20.3 Å². The Bertz CT molecular complexity index is 831. The topological polar surface area (TPSA) is 87.7 Å². The van der Waals surface area contributed by atoms with E-state index in [9.17, 15) is 14.4 Å². The van der Waals surface area contributed by atoms with Crippen LogP contribution >= 0.6 is 11.8 Å². The lowest BCUT2D eigenvalue weighted by atomic mass is 9.92. The van der Waals surface area contributed by atoms with Crippen LogP contribution in [0.4, 0.5) is 4.79 Å². The maximum atomic E-state index is 14.0. The predicted octanol–water partition coefficient (Wildman–Crippen LogP) is 5.14. The Morgan fingerprint density at radius 1 is 1.11 bits per heavy atom. The van der Waals surface area contributed by atoms with E-state index in [2.05, 4.69) is 17.6 Å². The van der Waals surface area contributed by atoms with E-state index < -0.39 is 23.8 Å². The first-order valence-corrected chi connectivity index (χ1v) is 13.9. The van der Waals surface area contributed by atoms with Crippen molar-refractivity contribution in [2.75, 3.05) is 18.6 Å². The molecule has 7 nitrogen and oxygen atoms in total. The molecule has 198 valence electrons. The van der Waals surface area contributed by atoms with Crippen molar-refractivity contribution in [2.24, 2.45) is 0 Å². The van der Waals surface area contributed by atoms with Gasteiger partial charge in [0.1, 0.15) is 17.7 Å². The van der Waals surface area contributed by atoms with Crippen molar-refractivity contribution in [1.82, 2.24) is 15.5 Å². The Balaban J connectivity index is 3.48. The lowest BCUT2D eigenvalue weighted by Crippen LogP contribution is -2.55. The number of aryl methyl sites for hydroxylation is 2. The fraction of sp³-hybridized carbons (Fsp3) is 0.667. The van der Waals surface area contributed by atoms with Crippen LogP contribution in [0, 0.1) is 13.8 Å². The number of hydrogen-bond donors (Lipinski definition) is 2. The summed E-state index contributed by atoms with van der Waals surface area (Å²) in [7, 11) is 0. The first-order valence-electron chi connectivity index (χ1n) is 12.5. The SMILES string of the molecule is CCCCNC(=O)C(c1c(C)cccc1C)N(C(=O)C(CCSC)NC(=O)OC(C)(C)C)C(C)C. The molecule has 2 N–H and O–H groups in total. The number of benzene rings is 1. The van der Waals surface area contributed by atoms with Gasteiger partial charge in [0.2, 0.25) is 11.8 Å². The largest absolute Gasteiger partial charge is 0.444 e. The molecule has 2 atom stereocenters. The van der Waals surface area contributed by atoms with E-state index in [4.69, 9.17) is 4.74 Å². The van der Waals surface area contributed by atoms with Gasteiger partial charge >= 0.3 is 6.09 Å². The second kappa shape index (κ2) is 14.4. The Morgan fingerprint density at radius 3 is 2.20 bits per heavy atom. The number of nitrogens with one attached hydrogen (secondary N) is 2. The van der Waals surface area contributed by atoms with Crippen LogP contribution < -0.4 is 10.6 Å². The van der Waals surface area contributed by atoms with Gasteiger partial charge in [-0.05, 0) is 90.0 Å². The molecule has 1 aromatic rings. The number of ether oxygens (including phenoxy) is 1. The van der Waals surface area contributed by atoms with Crippen LogP contribution in [0.3, 0.4) is 0 Å². The minimum absolute atomic E-state index is 0.209. The van der Waals surface area contributed by atoms with Gasteiger partial charge in [0.05, 0.1) is 0 Å². The number of unbranched alkanes of at least 4 members (excludes halogenated alkanes) is 1. The molecule has 0 aliphatic heterocycles. The summed E-state index contributed by atoms with van der Waals surface area (Å²) in [5.74, 6) is 0.173.